The molecule has 2 aromatic heterocycles. The minimum atomic E-state index is -0.961. The predicted octanol–water partition coefficient (Wildman–Crippen LogP) is 3.90. The molecule has 1 fully saturated rings. The van der Waals surface area contributed by atoms with Crippen molar-refractivity contribution in [3.63, 3.8) is 0 Å². The highest BCUT2D eigenvalue weighted by molar-refractivity contribution is 5.93. The van der Waals surface area contributed by atoms with Gasteiger partial charge in [0.2, 0.25) is 0 Å². The first kappa shape index (κ1) is 21.7. The topological polar surface area (TPSA) is 85.5 Å². The molecule has 1 aliphatic rings. The largest absolute Gasteiger partial charge is 0.466 e. The van der Waals surface area contributed by atoms with Crippen LogP contribution in [0.4, 0.5) is 4.39 Å². The molecule has 4 rings (SSSR count). The fourth-order valence-corrected chi connectivity index (χ4v) is 4.14. The Bertz CT molecular complexity index is 1100. The van der Waals surface area contributed by atoms with Crippen LogP contribution in [0.3, 0.4) is 0 Å². The van der Waals surface area contributed by atoms with Crippen molar-refractivity contribution in [1.82, 2.24) is 15.0 Å². The number of esters is 1. The zero-order valence-corrected chi connectivity index (χ0v) is 17.8. The van der Waals surface area contributed by atoms with E-state index in [-0.39, 0.29) is 37.3 Å². The Kier molecular flexibility index (Phi) is 6.30. The molecule has 1 saturated heterocycles. The van der Waals surface area contributed by atoms with Crippen LogP contribution in [0.1, 0.15) is 36.0 Å². The Morgan fingerprint density at radius 1 is 1.22 bits per heavy atom. The SMILES string of the molecule is CCOC(=O)C1(Cc2cc(-c3cccc(F)c3)no2)CCCN(C(=O)c2ccccn2)C1. The number of aromatic nitrogens is 2. The Morgan fingerprint density at radius 2 is 2.09 bits per heavy atom. The maximum absolute atomic E-state index is 13.6. The van der Waals surface area contributed by atoms with E-state index in [2.05, 4.69) is 10.1 Å². The summed E-state index contributed by atoms with van der Waals surface area (Å²) in [6.45, 7) is 2.71. The van der Waals surface area contributed by atoms with Gasteiger partial charge in [0.25, 0.3) is 5.91 Å². The first-order chi connectivity index (χ1) is 15.5. The van der Waals surface area contributed by atoms with Crippen LogP contribution < -0.4 is 0 Å². The molecule has 8 heteroatoms. The maximum atomic E-state index is 13.6. The smallest absolute Gasteiger partial charge is 0.314 e. The van der Waals surface area contributed by atoms with Crippen molar-refractivity contribution in [2.24, 2.45) is 5.41 Å². The zero-order valence-electron chi connectivity index (χ0n) is 17.8. The highest BCUT2D eigenvalue weighted by atomic mass is 19.1. The summed E-state index contributed by atoms with van der Waals surface area (Å²) in [6, 6.07) is 12.9. The number of benzene rings is 1. The van der Waals surface area contributed by atoms with Crippen molar-refractivity contribution in [2.45, 2.75) is 26.2 Å². The van der Waals surface area contributed by atoms with Crippen LogP contribution in [0.15, 0.2) is 59.3 Å². The lowest BCUT2D eigenvalue weighted by Gasteiger charge is -2.40. The van der Waals surface area contributed by atoms with E-state index in [9.17, 15) is 14.0 Å². The Labute approximate surface area is 185 Å². The third-order valence-electron chi connectivity index (χ3n) is 5.65. The summed E-state index contributed by atoms with van der Waals surface area (Å²) in [7, 11) is 0. The second-order valence-corrected chi connectivity index (χ2v) is 7.91. The molecule has 0 bridgehead atoms. The van der Waals surface area contributed by atoms with Crippen LogP contribution in [0, 0.1) is 11.2 Å². The number of halogens is 1. The number of piperidine rings is 1. The van der Waals surface area contributed by atoms with Gasteiger partial charge in [0.05, 0.1) is 12.0 Å². The van der Waals surface area contributed by atoms with Crippen molar-refractivity contribution < 1.29 is 23.2 Å². The number of hydrogen-bond acceptors (Lipinski definition) is 6. The monoisotopic (exact) mass is 437 g/mol. The van der Waals surface area contributed by atoms with Crippen molar-refractivity contribution in [3.8, 4) is 11.3 Å². The fraction of sp³-hybridized carbons (Fsp3) is 0.333. The second kappa shape index (κ2) is 9.30. The molecule has 0 aliphatic carbocycles. The lowest BCUT2D eigenvalue weighted by molar-refractivity contribution is -0.158. The summed E-state index contributed by atoms with van der Waals surface area (Å²) in [5.41, 5.74) is 0.439. The lowest BCUT2D eigenvalue weighted by atomic mass is 9.76. The van der Waals surface area contributed by atoms with Crippen LogP contribution >= 0.6 is 0 Å². The standard InChI is InChI=1S/C24H24FN3O4/c1-2-31-23(30)24(10-6-12-28(16-24)22(29)20-9-3-4-11-26-20)15-19-14-21(27-32-19)17-7-5-8-18(25)13-17/h3-5,7-9,11,13-14H,2,6,10,12,15-16H2,1H3. The highest BCUT2D eigenvalue weighted by Crippen LogP contribution is 2.36. The minimum absolute atomic E-state index is 0.192. The number of rotatable bonds is 6. The van der Waals surface area contributed by atoms with Gasteiger partial charge in [-0.2, -0.15) is 0 Å². The number of carbonyl (C=O) groups is 2. The van der Waals surface area contributed by atoms with E-state index in [1.54, 1.807) is 54.4 Å². The third-order valence-corrected chi connectivity index (χ3v) is 5.65. The van der Waals surface area contributed by atoms with Gasteiger partial charge in [-0.3, -0.25) is 14.6 Å². The number of carbonyl (C=O) groups excluding carboxylic acids is 2. The summed E-state index contributed by atoms with van der Waals surface area (Å²) in [6.07, 6.45) is 2.98. The average molecular weight is 437 g/mol. The van der Waals surface area contributed by atoms with Crippen molar-refractivity contribution >= 4 is 11.9 Å². The molecule has 1 amide bonds. The van der Waals surface area contributed by atoms with Gasteiger partial charge in [0.1, 0.15) is 23.0 Å². The van der Waals surface area contributed by atoms with Gasteiger partial charge in [-0.15, -0.1) is 0 Å². The lowest BCUT2D eigenvalue weighted by Crippen LogP contribution is -2.51. The number of hydrogen-bond donors (Lipinski definition) is 0. The maximum Gasteiger partial charge on any atom is 0.314 e. The molecule has 32 heavy (non-hydrogen) atoms. The number of likely N-dealkylation sites (tertiary alicyclic amines) is 1. The normalized spacial score (nSPS) is 18.4. The molecular weight excluding hydrogens is 413 g/mol. The second-order valence-electron chi connectivity index (χ2n) is 7.91. The van der Waals surface area contributed by atoms with Crippen molar-refractivity contribution in [2.75, 3.05) is 19.7 Å². The molecule has 1 atom stereocenters. The van der Waals surface area contributed by atoms with Gasteiger partial charge < -0.3 is 14.2 Å². The minimum Gasteiger partial charge on any atom is -0.466 e. The van der Waals surface area contributed by atoms with E-state index in [0.29, 0.717) is 42.1 Å². The van der Waals surface area contributed by atoms with Crippen LogP contribution in [-0.4, -0.2) is 46.6 Å². The van der Waals surface area contributed by atoms with Crippen LogP contribution in [0.25, 0.3) is 11.3 Å². The van der Waals surface area contributed by atoms with Gasteiger partial charge in [0.15, 0.2) is 0 Å². The summed E-state index contributed by atoms with van der Waals surface area (Å²) in [4.78, 5) is 31.8. The Balaban J connectivity index is 1.59. The van der Waals surface area contributed by atoms with Gasteiger partial charge in [-0.1, -0.05) is 23.4 Å². The van der Waals surface area contributed by atoms with E-state index in [4.69, 9.17) is 9.26 Å². The molecular formula is C24H24FN3O4. The molecule has 0 N–H and O–H groups in total. The van der Waals surface area contributed by atoms with E-state index in [0.717, 1.165) is 0 Å². The fourth-order valence-electron chi connectivity index (χ4n) is 4.14. The first-order valence-corrected chi connectivity index (χ1v) is 10.6. The Hall–Kier alpha value is -3.55. The molecule has 3 heterocycles. The van der Waals surface area contributed by atoms with Gasteiger partial charge in [0, 0.05) is 37.3 Å². The summed E-state index contributed by atoms with van der Waals surface area (Å²) in [5.74, 6) is -0.491. The molecule has 1 aromatic carbocycles. The van der Waals surface area contributed by atoms with Crippen molar-refractivity contribution in [1.29, 1.82) is 0 Å². The van der Waals surface area contributed by atoms with E-state index >= 15 is 0 Å². The van der Waals surface area contributed by atoms with Gasteiger partial charge >= 0.3 is 5.97 Å². The van der Waals surface area contributed by atoms with Crippen LogP contribution in [0.2, 0.25) is 0 Å². The summed E-state index contributed by atoms with van der Waals surface area (Å²) >= 11 is 0. The molecule has 0 saturated carbocycles. The molecule has 1 aliphatic heterocycles. The number of pyridine rings is 1. The van der Waals surface area contributed by atoms with E-state index in [1.165, 1.54) is 12.1 Å². The molecule has 0 radical (unpaired) electrons. The van der Waals surface area contributed by atoms with Gasteiger partial charge in [-0.25, -0.2) is 4.39 Å². The molecule has 1 unspecified atom stereocenters. The third kappa shape index (κ3) is 4.54. The number of nitrogens with zero attached hydrogens (tertiary/aromatic N) is 3. The molecule has 7 nitrogen and oxygen atoms in total. The van der Waals surface area contributed by atoms with E-state index in [1.807, 2.05) is 0 Å². The molecule has 3 aromatic rings. The highest BCUT2D eigenvalue weighted by Gasteiger charge is 2.46. The summed E-state index contributed by atoms with van der Waals surface area (Å²) < 4.78 is 24.5. The van der Waals surface area contributed by atoms with Crippen LogP contribution in [0.5, 0.6) is 0 Å². The number of ether oxygens (including phenoxy) is 1. The number of amides is 1. The van der Waals surface area contributed by atoms with Gasteiger partial charge in [-0.05, 0) is 44.0 Å². The first-order valence-electron chi connectivity index (χ1n) is 10.6. The van der Waals surface area contributed by atoms with Crippen molar-refractivity contribution in [3.05, 3.63) is 72.0 Å². The molecule has 166 valence electrons. The zero-order chi connectivity index (χ0) is 22.6. The molecule has 0 spiro atoms. The average Bonchev–Trinajstić information content (AvgIpc) is 3.28. The Morgan fingerprint density at radius 3 is 2.84 bits per heavy atom. The summed E-state index contributed by atoms with van der Waals surface area (Å²) in [5, 5.41) is 4.05. The quantitative estimate of drug-likeness (QED) is 0.544. The predicted molar refractivity (Wildman–Crippen MR) is 114 cm³/mol. The van der Waals surface area contributed by atoms with E-state index < -0.39 is 5.41 Å². The van der Waals surface area contributed by atoms with Crippen LogP contribution in [-0.2, 0) is 16.0 Å².